The van der Waals surface area contributed by atoms with Crippen molar-refractivity contribution in [3.63, 3.8) is 0 Å². The lowest BCUT2D eigenvalue weighted by atomic mass is 10.0. The van der Waals surface area contributed by atoms with E-state index in [0.717, 1.165) is 12.8 Å². The summed E-state index contributed by atoms with van der Waals surface area (Å²) in [6.07, 6.45) is 1.97. The first-order valence-electron chi connectivity index (χ1n) is 5.63. The van der Waals surface area contributed by atoms with Crippen molar-refractivity contribution in [2.75, 3.05) is 7.05 Å². The van der Waals surface area contributed by atoms with Crippen molar-refractivity contribution < 1.29 is 5.21 Å². The third-order valence-corrected chi connectivity index (χ3v) is 2.84. The number of likely N-dealkylation sites (N-methyl/N-ethyl adjacent to an activating group) is 1. The van der Waals surface area contributed by atoms with E-state index < -0.39 is 0 Å². The summed E-state index contributed by atoms with van der Waals surface area (Å²) in [5.41, 5.74) is 5.66. The van der Waals surface area contributed by atoms with Gasteiger partial charge in [0.25, 0.3) is 0 Å². The van der Waals surface area contributed by atoms with Crippen LogP contribution in [0.1, 0.15) is 40.5 Å². The number of oxime groups is 1. The van der Waals surface area contributed by atoms with Crippen LogP contribution in [-0.2, 0) is 0 Å². The van der Waals surface area contributed by atoms with Crippen LogP contribution in [0.3, 0.4) is 0 Å². The molecular weight excluding hydrogens is 190 g/mol. The molecule has 0 rings (SSSR count). The molecule has 4 nitrogen and oxygen atoms in total. The van der Waals surface area contributed by atoms with Crippen molar-refractivity contribution in [3.05, 3.63) is 0 Å². The molecule has 0 amide bonds. The molecule has 4 heteroatoms. The highest BCUT2D eigenvalue weighted by atomic mass is 16.4. The lowest BCUT2D eigenvalue weighted by molar-refractivity contribution is 0.193. The summed E-state index contributed by atoms with van der Waals surface area (Å²) in [5, 5.41) is 11.8. The van der Waals surface area contributed by atoms with Crippen molar-refractivity contribution in [1.29, 1.82) is 0 Å². The highest BCUT2D eigenvalue weighted by Gasteiger charge is 2.22. The van der Waals surface area contributed by atoms with E-state index in [4.69, 9.17) is 10.9 Å². The maximum absolute atomic E-state index is 8.69. The highest BCUT2D eigenvalue weighted by molar-refractivity contribution is 5.85. The van der Waals surface area contributed by atoms with Crippen molar-refractivity contribution in [2.24, 2.45) is 16.8 Å². The molecule has 0 aromatic heterocycles. The van der Waals surface area contributed by atoms with Crippen LogP contribution in [0.2, 0.25) is 0 Å². The van der Waals surface area contributed by atoms with Gasteiger partial charge in [-0.05, 0) is 32.7 Å². The molecule has 0 aliphatic heterocycles. The van der Waals surface area contributed by atoms with Crippen molar-refractivity contribution in [1.82, 2.24) is 4.90 Å². The van der Waals surface area contributed by atoms with Gasteiger partial charge in [-0.25, -0.2) is 0 Å². The maximum Gasteiger partial charge on any atom is 0.156 e. The van der Waals surface area contributed by atoms with Crippen LogP contribution in [0, 0.1) is 5.92 Å². The molecule has 0 spiro atoms. The van der Waals surface area contributed by atoms with Crippen molar-refractivity contribution >= 4 is 5.84 Å². The molecule has 0 aromatic carbocycles. The molecule has 0 fully saturated rings. The van der Waals surface area contributed by atoms with Gasteiger partial charge < -0.3 is 10.9 Å². The molecule has 2 unspecified atom stereocenters. The zero-order chi connectivity index (χ0) is 12.0. The number of amidine groups is 1. The lowest BCUT2D eigenvalue weighted by Gasteiger charge is -2.32. The van der Waals surface area contributed by atoms with Crippen LogP contribution in [0.5, 0.6) is 0 Å². The second kappa shape index (κ2) is 6.67. The largest absolute Gasteiger partial charge is 0.409 e. The quantitative estimate of drug-likeness (QED) is 0.308. The average Bonchev–Trinajstić information content (AvgIpc) is 2.17. The van der Waals surface area contributed by atoms with E-state index in [0.29, 0.717) is 17.8 Å². The van der Waals surface area contributed by atoms with E-state index in [1.54, 1.807) is 0 Å². The van der Waals surface area contributed by atoms with Gasteiger partial charge >= 0.3 is 0 Å². The molecule has 0 bridgehead atoms. The summed E-state index contributed by atoms with van der Waals surface area (Å²) >= 11 is 0. The standard InChI is InChI=1S/C11H25N3O/c1-6-10(11(12)13-15)14(5)9(4)7-8(2)3/h8-10,15H,6-7H2,1-5H3,(H2,12,13). The second-order valence-electron chi connectivity index (χ2n) is 4.59. The molecule has 2 atom stereocenters. The Labute approximate surface area is 93.1 Å². The smallest absolute Gasteiger partial charge is 0.156 e. The fourth-order valence-electron chi connectivity index (χ4n) is 1.93. The summed E-state index contributed by atoms with van der Waals surface area (Å²) in [6.45, 7) is 8.62. The topological polar surface area (TPSA) is 61.9 Å². The van der Waals surface area contributed by atoms with Gasteiger partial charge in [0.2, 0.25) is 0 Å². The van der Waals surface area contributed by atoms with Gasteiger partial charge in [-0.2, -0.15) is 0 Å². The molecule has 0 aromatic rings. The summed E-state index contributed by atoms with van der Waals surface area (Å²) in [5.74, 6) is 0.961. The van der Waals surface area contributed by atoms with Crippen LogP contribution in [0.25, 0.3) is 0 Å². The molecule has 90 valence electrons. The molecule has 0 saturated heterocycles. The van der Waals surface area contributed by atoms with Gasteiger partial charge in [0.1, 0.15) is 0 Å². The Morgan fingerprint density at radius 2 is 1.93 bits per heavy atom. The number of nitrogens with two attached hydrogens (primary N) is 1. The Kier molecular flexibility index (Phi) is 6.32. The summed E-state index contributed by atoms with van der Waals surface area (Å²) < 4.78 is 0. The molecule has 0 saturated carbocycles. The van der Waals surface area contributed by atoms with Gasteiger partial charge in [0.15, 0.2) is 5.84 Å². The Bertz CT molecular complexity index is 204. The fourth-order valence-corrected chi connectivity index (χ4v) is 1.93. The normalized spacial score (nSPS) is 17.1. The first kappa shape index (κ1) is 14.2. The Morgan fingerprint density at radius 3 is 2.27 bits per heavy atom. The van der Waals surface area contributed by atoms with Gasteiger partial charge in [-0.1, -0.05) is 25.9 Å². The predicted octanol–water partition coefficient (Wildman–Crippen LogP) is 1.88. The summed E-state index contributed by atoms with van der Waals surface area (Å²) in [4.78, 5) is 2.18. The van der Waals surface area contributed by atoms with E-state index in [9.17, 15) is 0 Å². The van der Waals surface area contributed by atoms with Crippen LogP contribution in [0.15, 0.2) is 5.16 Å². The Hall–Kier alpha value is -0.770. The molecule has 0 aliphatic rings. The van der Waals surface area contributed by atoms with Crippen LogP contribution in [0.4, 0.5) is 0 Å². The molecule has 0 aliphatic carbocycles. The minimum atomic E-state index is 0.0312. The van der Waals surface area contributed by atoms with Crippen molar-refractivity contribution in [2.45, 2.75) is 52.6 Å². The van der Waals surface area contributed by atoms with E-state index >= 15 is 0 Å². The molecule has 3 N–H and O–H groups in total. The number of nitrogens with zero attached hydrogens (tertiary/aromatic N) is 2. The van der Waals surface area contributed by atoms with E-state index in [1.807, 2.05) is 14.0 Å². The summed E-state index contributed by atoms with van der Waals surface area (Å²) in [6, 6.07) is 0.471. The average molecular weight is 215 g/mol. The number of hydrogen-bond donors (Lipinski definition) is 2. The monoisotopic (exact) mass is 215 g/mol. The molecule has 15 heavy (non-hydrogen) atoms. The van der Waals surface area contributed by atoms with Crippen LogP contribution >= 0.6 is 0 Å². The first-order chi connectivity index (χ1) is 6.93. The third-order valence-electron chi connectivity index (χ3n) is 2.84. The molecule has 0 radical (unpaired) electrons. The fraction of sp³-hybridized carbons (Fsp3) is 0.909. The van der Waals surface area contributed by atoms with E-state index in [-0.39, 0.29) is 6.04 Å². The first-order valence-corrected chi connectivity index (χ1v) is 5.63. The maximum atomic E-state index is 8.69. The third kappa shape index (κ3) is 4.51. The Balaban J connectivity index is 4.44. The molecular formula is C11H25N3O. The minimum absolute atomic E-state index is 0.0312. The SMILES string of the molecule is CCC(C(N)=NO)N(C)C(C)CC(C)C. The van der Waals surface area contributed by atoms with Gasteiger partial charge in [-0.3, -0.25) is 4.90 Å². The zero-order valence-corrected chi connectivity index (χ0v) is 10.6. The summed E-state index contributed by atoms with van der Waals surface area (Å²) in [7, 11) is 2.03. The van der Waals surface area contributed by atoms with Gasteiger partial charge in [0, 0.05) is 6.04 Å². The highest BCUT2D eigenvalue weighted by Crippen LogP contribution is 2.14. The number of hydrogen-bond acceptors (Lipinski definition) is 3. The lowest BCUT2D eigenvalue weighted by Crippen LogP contribution is -2.46. The van der Waals surface area contributed by atoms with Gasteiger partial charge in [0.05, 0.1) is 6.04 Å². The Morgan fingerprint density at radius 1 is 1.40 bits per heavy atom. The van der Waals surface area contributed by atoms with Crippen LogP contribution < -0.4 is 5.73 Å². The van der Waals surface area contributed by atoms with E-state index in [2.05, 4.69) is 30.8 Å². The number of rotatable bonds is 6. The van der Waals surface area contributed by atoms with Crippen LogP contribution in [-0.4, -0.2) is 35.1 Å². The zero-order valence-electron chi connectivity index (χ0n) is 10.6. The predicted molar refractivity (Wildman–Crippen MR) is 64.2 cm³/mol. The second-order valence-corrected chi connectivity index (χ2v) is 4.59. The van der Waals surface area contributed by atoms with E-state index in [1.165, 1.54) is 0 Å². The van der Waals surface area contributed by atoms with Gasteiger partial charge in [-0.15, -0.1) is 0 Å². The van der Waals surface area contributed by atoms with Crippen molar-refractivity contribution in [3.8, 4) is 0 Å². The minimum Gasteiger partial charge on any atom is -0.409 e. The molecule has 0 heterocycles.